The predicted molar refractivity (Wildman–Crippen MR) is 72.6 cm³/mol. The molecule has 0 radical (unpaired) electrons. The summed E-state index contributed by atoms with van der Waals surface area (Å²) in [6.45, 7) is 10.8. The molecule has 2 unspecified atom stereocenters. The van der Waals surface area contributed by atoms with Crippen molar-refractivity contribution in [1.29, 1.82) is 0 Å². The molecule has 2 atom stereocenters. The Morgan fingerprint density at radius 3 is 2.22 bits per heavy atom. The molecule has 1 fully saturated rings. The summed E-state index contributed by atoms with van der Waals surface area (Å²) in [6, 6.07) is 0. The molecule has 0 aliphatic carbocycles. The van der Waals surface area contributed by atoms with Crippen LogP contribution in [0.25, 0.3) is 0 Å². The van der Waals surface area contributed by atoms with Gasteiger partial charge in [0.15, 0.2) is 0 Å². The highest BCUT2D eigenvalue weighted by Crippen LogP contribution is 2.20. The quantitative estimate of drug-likeness (QED) is 0.780. The van der Waals surface area contributed by atoms with Crippen LogP contribution in [0.3, 0.4) is 0 Å². The van der Waals surface area contributed by atoms with Crippen LogP contribution in [0.1, 0.15) is 40.5 Å². The maximum Gasteiger partial charge on any atom is 0.0900 e. The lowest BCUT2D eigenvalue weighted by Gasteiger charge is -2.34. The van der Waals surface area contributed by atoms with E-state index >= 15 is 0 Å². The van der Waals surface area contributed by atoms with E-state index < -0.39 is 6.10 Å². The lowest BCUT2D eigenvalue weighted by Crippen LogP contribution is -2.42. The van der Waals surface area contributed by atoms with Crippen molar-refractivity contribution >= 4 is 0 Å². The average Bonchev–Trinajstić information content (AvgIpc) is 2.26. The van der Waals surface area contributed by atoms with Crippen molar-refractivity contribution in [1.82, 2.24) is 4.90 Å². The number of piperidine rings is 1. The molecule has 0 aromatic carbocycles. The summed E-state index contributed by atoms with van der Waals surface area (Å²) in [7, 11) is 0. The van der Waals surface area contributed by atoms with Crippen molar-refractivity contribution < 1.29 is 14.9 Å². The molecule has 108 valence electrons. The van der Waals surface area contributed by atoms with Gasteiger partial charge in [-0.1, -0.05) is 0 Å². The summed E-state index contributed by atoms with van der Waals surface area (Å²) in [5.41, 5.74) is -0.194. The molecular formula is C14H29NO3. The van der Waals surface area contributed by atoms with Gasteiger partial charge in [-0.15, -0.1) is 0 Å². The standard InChI is InChI=1S/C14H29NO3/c1-11(16)12-5-7-15(8-6-12)9-13(17)10-18-14(2,3)4/h11-13,16-17H,5-10H2,1-4H3. The molecule has 1 saturated heterocycles. The first kappa shape index (κ1) is 15.9. The van der Waals surface area contributed by atoms with Gasteiger partial charge < -0.3 is 19.8 Å². The second-order valence-electron chi connectivity index (χ2n) is 6.46. The lowest BCUT2D eigenvalue weighted by atomic mass is 9.92. The third-order valence-corrected chi connectivity index (χ3v) is 3.49. The highest BCUT2D eigenvalue weighted by molar-refractivity contribution is 4.77. The minimum Gasteiger partial charge on any atom is -0.393 e. The maximum absolute atomic E-state index is 9.92. The summed E-state index contributed by atoms with van der Waals surface area (Å²) in [5.74, 6) is 0.421. The fourth-order valence-corrected chi connectivity index (χ4v) is 2.31. The van der Waals surface area contributed by atoms with Gasteiger partial charge in [0, 0.05) is 6.54 Å². The first-order chi connectivity index (χ1) is 8.28. The third kappa shape index (κ3) is 6.14. The molecule has 4 nitrogen and oxygen atoms in total. The van der Waals surface area contributed by atoms with Gasteiger partial charge in [-0.3, -0.25) is 0 Å². The molecule has 4 heteroatoms. The van der Waals surface area contributed by atoms with E-state index in [4.69, 9.17) is 4.74 Å². The van der Waals surface area contributed by atoms with E-state index in [1.807, 2.05) is 27.7 Å². The first-order valence-electron chi connectivity index (χ1n) is 7.00. The van der Waals surface area contributed by atoms with E-state index in [9.17, 15) is 10.2 Å². The topological polar surface area (TPSA) is 52.9 Å². The molecule has 1 aliphatic rings. The minimum atomic E-state index is -0.424. The second-order valence-corrected chi connectivity index (χ2v) is 6.46. The summed E-state index contributed by atoms with van der Waals surface area (Å²) < 4.78 is 5.58. The highest BCUT2D eigenvalue weighted by atomic mass is 16.5. The predicted octanol–water partition coefficient (Wildman–Crippen LogP) is 1.26. The van der Waals surface area contributed by atoms with Gasteiger partial charge in [0.05, 0.1) is 24.4 Å². The summed E-state index contributed by atoms with van der Waals surface area (Å²) in [5, 5.41) is 19.5. The average molecular weight is 259 g/mol. The first-order valence-corrected chi connectivity index (χ1v) is 7.00. The van der Waals surface area contributed by atoms with Crippen LogP contribution in [-0.4, -0.2) is 59.2 Å². The zero-order chi connectivity index (χ0) is 13.8. The number of ether oxygens (including phenoxy) is 1. The number of hydrogen-bond donors (Lipinski definition) is 2. The number of rotatable bonds is 5. The zero-order valence-corrected chi connectivity index (χ0v) is 12.2. The van der Waals surface area contributed by atoms with Crippen LogP contribution in [0.2, 0.25) is 0 Å². The van der Waals surface area contributed by atoms with E-state index in [-0.39, 0.29) is 11.7 Å². The molecule has 18 heavy (non-hydrogen) atoms. The molecule has 0 saturated carbocycles. The SMILES string of the molecule is CC(O)C1CCN(CC(O)COC(C)(C)C)CC1. The minimum absolute atomic E-state index is 0.194. The molecule has 1 heterocycles. The van der Waals surface area contributed by atoms with Gasteiger partial charge in [0.2, 0.25) is 0 Å². The van der Waals surface area contributed by atoms with Crippen LogP contribution in [0, 0.1) is 5.92 Å². The van der Waals surface area contributed by atoms with Crippen molar-refractivity contribution in [3.05, 3.63) is 0 Å². The van der Waals surface area contributed by atoms with Crippen LogP contribution in [0.5, 0.6) is 0 Å². The smallest absolute Gasteiger partial charge is 0.0900 e. The fraction of sp³-hybridized carbons (Fsp3) is 1.00. The number of nitrogens with zero attached hydrogens (tertiary/aromatic N) is 1. The number of hydrogen-bond acceptors (Lipinski definition) is 4. The maximum atomic E-state index is 9.92. The summed E-state index contributed by atoms with van der Waals surface area (Å²) in [6.07, 6.45) is 1.41. The second kappa shape index (κ2) is 6.85. The van der Waals surface area contributed by atoms with Crippen molar-refractivity contribution in [2.45, 2.75) is 58.3 Å². The Balaban J connectivity index is 2.20. The molecule has 0 spiro atoms. The van der Waals surface area contributed by atoms with Crippen LogP contribution in [0.4, 0.5) is 0 Å². The van der Waals surface area contributed by atoms with E-state index in [1.165, 1.54) is 0 Å². The van der Waals surface area contributed by atoms with Crippen molar-refractivity contribution in [3.8, 4) is 0 Å². The van der Waals surface area contributed by atoms with Gasteiger partial charge in [-0.25, -0.2) is 0 Å². The lowest BCUT2D eigenvalue weighted by molar-refractivity contribution is -0.0590. The molecular weight excluding hydrogens is 230 g/mol. The summed E-state index contributed by atoms with van der Waals surface area (Å²) >= 11 is 0. The largest absolute Gasteiger partial charge is 0.393 e. The number of β-amino-alcohol motifs (C(OH)–C–C–N with tert-alkyl or cyclic N) is 1. The molecule has 0 aromatic rings. The van der Waals surface area contributed by atoms with Crippen molar-refractivity contribution in [2.75, 3.05) is 26.2 Å². The molecule has 1 rings (SSSR count). The van der Waals surface area contributed by atoms with E-state index in [1.54, 1.807) is 0 Å². The Kier molecular flexibility index (Phi) is 6.05. The zero-order valence-electron chi connectivity index (χ0n) is 12.2. The van der Waals surface area contributed by atoms with Crippen LogP contribution < -0.4 is 0 Å². The van der Waals surface area contributed by atoms with Gasteiger partial charge in [0.1, 0.15) is 0 Å². The molecule has 0 amide bonds. The fourth-order valence-electron chi connectivity index (χ4n) is 2.31. The van der Waals surface area contributed by atoms with Gasteiger partial charge in [-0.2, -0.15) is 0 Å². The Morgan fingerprint density at radius 2 is 1.78 bits per heavy atom. The summed E-state index contributed by atoms with van der Waals surface area (Å²) in [4.78, 5) is 2.26. The molecule has 2 N–H and O–H groups in total. The molecule has 1 aliphatic heterocycles. The Morgan fingerprint density at radius 1 is 1.22 bits per heavy atom. The van der Waals surface area contributed by atoms with Crippen LogP contribution in [-0.2, 0) is 4.74 Å². The third-order valence-electron chi connectivity index (χ3n) is 3.49. The van der Waals surface area contributed by atoms with E-state index in [2.05, 4.69) is 4.90 Å². The molecule has 0 aromatic heterocycles. The van der Waals surface area contributed by atoms with E-state index in [0.29, 0.717) is 19.1 Å². The van der Waals surface area contributed by atoms with Gasteiger partial charge in [-0.05, 0) is 59.5 Å². The van der Waals surface area contributed by atoms with Crippen molar-refractivity contribution in [2.24, 2.45) is 5.92 Å². The van der Waals surface area contributed by atoms with E-state index in [0.717, 1.165) is 25.9 Å². The highest BCUT2D eigenvalue weighted by Gasteiger charge is 2.24. The van der Waals surface area contributed by atoms with Gasteiger partial charge >= 0.3 is 0 Å². The van der Waals surface area contributed by atoms with Crippen molar-refractivity contribution in [3.63, 3.8) is 0 Å². The molecule has 0 bridgehead atoms. The Bertz CT molecular complexity index is 230. The van der Waals surface area contributed by atoms with Gasteiger partial charge in [0.25, 0.3) is 0 Å². The number of aliphatic hydroxyl groups excluding tert-OH is 2. The van der Waals surface area contributed by atoms with Crippen LogP contribution in [0.15, 0.2) is 0 Å². The Labute approximate surface area is 111 Å². The normalized spacial score (nSPS) is 23.0. The van der Waals surface area contributed by atoms with Crippen LogP contribution >= 0.6 is 0 Å². The monoisotopic (exact) mass is 259 g/mol. The number of likely N-dealkylation sites (tertiary alicyclic amines) is 1. The Hall–Kier alpha value is -0.160. The number of aliphatic hydroxyl groups is 2.